The summed E-state index contributed by atoms with van der Waals surface area (Å²) in [6.07, 6.45) is 0. The van der Waals surface area contributed by atoms with Crippen LogP contribution in [-0.4, -0.2) is 38.0 Å². The molecule has 0 saturated carbocycles. The SMILES string of the molecule is C=C(NC)c1c(N)c2ccccc2n1Cc1cc(CNCC(C)(C)OC)ccc1OC. The summed E-state index contributed by atoms with van der Waals surface area (Å²) in [7, 11) is 5.29. The smallest absolute Gasteiger partial charge is 0.123 e. The molecule has 0 saturated heterocycles. The fourth-order valence-electron chi connectivity index (χ4n) is 3.75. The average molecular weight is 423 g/mol. The first kappa shape index (κ1) is 22.7. The Labute approximate surface area is 185 Å². The van der Waals surface area contributed by atoms with E-state index in [1.807, 2.05) is 31.3 Å². The van der Waals surface area contributed by atoms with Crippen molar-refractivity contribution in [1.82, 2.24) is 15.2 Å². The lowest BCUT2D eigenvalue weighted by Crippen LogP contribution is -2.36. The third kappa shape index (κ3) is 4.86. The zero-order chi connectivity index (χ0) is 22.6. The molecule has 31 heavy (non-hydrogen) atoms. The Hall–Kier alpha value is -2.96. The van der Waals surface area contributed by atoms with Crippen LogP contribution in [0.3, 0.4) is 0 Å². The number of ether oxygens (including phenoxy) is 2. The summed E-state index contributed by atoms with van der Waals surface area (Å²) in [4.78, 5) is 0. The highest BCUT2D eigenvalue weighted by Crippen LogP contribution is 2.33. The molecule has 6 heteroatoms. The van der Waals surface area contributed by atoms with Crippen LogP contribution in [0.25, 0.3) is 16.6 Å². The van der Waals surface area contributed by atoms with Crippen molar-refractivity contribution in [3.8, 4) is 5.75 Å². The molecular formula is C25H34N4O2. The minimum Gasteiger partial charge on any atom is -0.496 e. The molecular weight excluding hydrogens is 388 g/mol. The van der Waals surface area contributed by atoms with Gasteiger partial charge >= 0.3 is 0 Å². The number of nitrogens with two attached hydrogens (primary N) is 1. The second kappa shape index (κ2) is 9.45. The molecule has 166 valence electrons. The van der Waals surface area contributed by atoms with Crippen molar-refractivity contribution in [2.75, 3.05) is 33.5 Å². The first-order chi connectivity index (χ1) is 14.8. The van der Waals surface area contributed by atoms with Gasteiger partial charge in [0.25, 0.3) is 0 Å². The van der Waals surface area contributed by atoms with Crippen molar-refractivity contribution in [2.45, 2.75) is 32.5 Å². The molecule has 3 rings (SSSR count). The Kier molecular flexibility index (Phi) is 6.93. The molecule has 0 unspecified atom stereocenters. The first-order valence-electron chi connectivity index (χ1n) is 10.5. The van der Waals surface area contributed by atoms with Gasteiger partial charge in [-0.2, -0.15) is 0 Å². The molecule has 0 aliphatic heterocycles. The first-order valence-corrected chi connectivity index (χ1v) is 10.5. The summed E-state index contributed by atoms with van der Waals surface area (Å²) in [5.74, 6) is 0.846. The Morgan fingerprint density at radius 2 is 1.90 bits per heavy atom. The lowest BCUT2D eigenvalue weighted by atomic mass is 10.1. The second-order valence-electron chi connectivity index (χ2n) is 8.31. The molecule has 0 spiro atoms. The van der Waals surface area contributed by atoms with E-state index in [9.17, 15) is 0 Å². The molecule has 0 atom stereocenters. The van der Waals surface area contributed by atoms with E-state index in [4.69, 9.17) is 15.2 Å². The molecule has 0 fully saturated rings. The summed E-state index contributed by atoms with van der Waals surface area (Å²) >= 11 is 0. The maximum absolute atomic E-state index is 6.52. The number of nitrogens with one attached hydrogen (secondary N) is 2. The van der Waals surface area contributed by atoms with Crippen LogP contribution in [0.5, 0.6) is 5.75 Å². The standard InChI is InChI=1S/C25H34N4O2/c1-17(27-4)24-23(26)20-9-7-8-10-21(20)29(24)15-19-13-18(11-12-22(19)30-5)14-28-16-25(2,3)31-6/h7-13,27-28H,1,14-16,26H2,2-6H3. The Morgan fingerprint density at radius 3 is 2.58 bits per heavy atom. The van der Waals surface area contributed by atoms with E-state index in [0.717, 1.165) is 52.4 Å². The number of hydrogen-bond acceptors (Lipinski definition) is 5. The van der Waals surface area contributed by atoms with Crippen LogP contribution < -0.4 is 21.1 Å². The maximum Gasteiger partial charge on any atom is 0.123 e. The molecule has 0 aliphatic carbocycles. The third-order valence-corrected chi connectivity index (χ3v) is 5.70. The van der Waals surface area contributed by atoms with Crippen LogP contribution in [0.4, 0.5) is 5.69 Å². The second-order valence-corrected chi connectivity index (χ2v) is 8.31. The summed E-state index contributed by atoms with van der Waals surface area (Å²) in [5.41, 5.74) is 12.1. The number of para-hydroxylation sites is 1. The largest absolute Gasteiger partial charge is 0.496 e. The lowest BCUT2D eigenvalue weighted by Gasteiger charge is -2.23. The molecule has 0 amide bonds. The average Bonchev–Trinajstić information content (AvgIpc) is 3.05. The highest BCUT2D eigenvalue weighted by atomic mass is 16.5. The maximum atomic E-state index is 6.52. The molecule has 1 aromatic heterocycles. The number of anilines is 1. The zero-order valence-electron chi connectivity index (χ0n) is 19.2. The fourth-order valence-corrected chi connectivity index (χ4v) is 3.75. The van der Waals surface area contributed by atoms with Gasteiger partial charge in [-0.25, -0.2) is 0 Å². The number of hydrogen-bond donors (Lipinski definition) is 3. The Balaban J connectivity index is 1.97. The van der Waals surface area contributed by atoms with Gasteiger partial charge in [0.2, 0.25) is 0 Å². The summed E-state index contributed by atoms with van der Waals surface area (Å²) in [5, 5.41) is 7.65. The van der Waals surface area contributed by atoms with E-state index in [0.29, 0.717) is 6.54 Å². The van der Waals surface area contributed by atoms with E-state index >= 15 is 0 Å². The fraction of sp³-hybridized carbons (Fsp3) is 0.360. The number of nitrogen functional groups attached to an aromatic ring is 1. The Bertz CT molecular complexity index is 1070. The number of nitrogens with zero attached hydrogens (tertiary/aromatic N) is 1. The van der Waals surface area contributed by atoms with Gasteiger partial charge in [0.1, 0.15) is 5.75 Å². The van der Waals surface area contributed by atoms with Crippen molar-refractivity contribution in [1.29, 1.82) is 0 Å². The normalized spacial score (nSPS) is 11.6. The number of rotatable bonds is 10. The molecule has 2 aromatic carbocycles. The van der Waals surface area contributed by atoms with Gasteiger partial charge in [-0.3, -0.25) is 0 Å². The van der Waals surface area contributed by atoms with Crippen LogP contribution in [0.1, 0.15) is 30.7 Å². The number of benzene rings is 2. The van der Waals surface area contributed by atoms with E-state index in [2.05, 4.69) is 53.8 Å². The van der Waals surface area contributed by atoms with Gasteiger partial charge in [0.15, 0.2) is 0 Å². The van der Waals surface area contributed by atoms with Gasteiger partial charge in [0.05, 0.1) is 41.9 Å². The highest BCUT2D eigenvalue weighted by Gasteiger charge is 2.19. The third-order valence-electron chi connectivity index (χ3n) is 5.70. The number of methoxy groups -OCH3 is 2. The molecule has 0 radical (unpaired) electrons. The molecule has 4 N–H and O–H groups in total. The minimum absolute atomic E-state index is 0.209. The van der Waals surface area contributed by atoms with E-state index in [1.54, 1.807) is 14.2 Å². The van der Waals surface area contributed by atoms with Crippen LogP contribution in [-0.2, 0) is 17.8 Å². The lowest BCUT2D eigenvalue weighted by molar-refractivity contribution is 0.0230. The monoisotopic (exact) mass is 422 g/mol. The molecule has 0 aliphatic rings. The quantitative estimate of drug-likeness (QED) is 0.461. The van der Waals surface area contributed by atoms with E-state index < -0.39 is 0 Å². The summed E-state index contributed by atoms with van der Waals surface area (Å²) in [6, 6.07) is 14.5. The molecule has 1 heterocycles. The van der Waals surface area contributed by atoms with Crippen molar-refractivity contribution in [2.24, 2.45) is 0 Å². The topological polar surface area (TPSA) is 73.5 Å². The zero-order valence-corrected chi connectivity index (χ0v) is 19.2. The highest BCUT2D eigenvalue weighted by molar-refractivity contribution is 5.98. The molecule has 6 nitrogen and oxygen atoms in total. The number of fused-ring (bicyclic) bond motifs is 1. The van der Waals surface area contributed by atoms with Crippen molar-refractivity contribution in [3.63, 3.8) is 0 Å². The van der Waals surface area contributed by atoms with Crippen molar-refractivity contribution in [3.05, 3.63) is 65.9 Å². The van der Waals surface area contributed by atoms with Crippen LogP contribution in [0.2, 0.25) is 0 Å². The van der Waals surface area contributed by atoms with Crippen LogP contribution in [0.15, 0.2) is 49.0 Å². The van der Waals surface area contributed by atoms with Crippen LogP contribution >= 0.6 is 0 Å². The van der Waals surface area contributed by atoms with Gasteiger partial charge in [0, 0.05) is 38.2 Å². The van der Waals surface area contributed by atoms with Crippen molar-refractivity contribution >= 4 is 22.3 Å². The van der Waals surface area contributed by atoms with E-state index in [1.165, 1.54) is 5.56 Å². The number of aromatic nitrogens is 1. The van der Waals surface area contributed by atoms with Crippen LogP contribution in [0, 0.1) is 0 Å². The predicted octanol–water partition coefficient (Wildman–Crippen LogP) is 3.99. The summed E-state index contributed by atoms with van der Waals surface area (Å²) in [6.45, 7) is 10.4. The van der Waals surface area contributed by atoms with Crippen molar-refractivity contribution < 1.29 is 9.47 Å². The van der Waals surface area contributed by atoms with Gasteiger partial charge in [-0.1, -0.05) is 30.8 Å². The Morgan fingerprint density at radius 1 is 1.16 bits per heavy atom. The molecule has 0 bridgehead atoms. The molecule has 3 aromatic rings. The summed E-state index contributed by atoms with van der Waals surface area (Å²) < 4.78 is 13.4. The van der Waals surface area contributed by atoms with E-state index in [-0.39, 0.29) is 5.60 Å². The van der Waals surface area contributed by atoms with Gasteiger partial charge < -0.3 is 30.4 Å². The van der Waals surface area contributed by atoms with Gasteiger partial charge in [-0.15, -0.1) is 0 Å². The van der Waals surface area contributed by atoms with Gasteiger partial charge in [-0.05, 0) is 37.6 Å². The predicted molar refractivity (Wildman–Crippen MR) is 129 cm³/mol. The minimum atomic E-state index is -0.209.